The lowest BCUT2D eigenvalue weighted by atomic mass is 9.79. The number of hydrogen-bond acceptors (Lipinski definition) is 3. The zero-order valence-electron chi connectivity index (χ0n) is 18.7. The maximum Gasteiger partial charge on any atom is 0.306 e. The van der Waals surface area contributed by atoms with Gasteiger partial charge >= 0.3 is 5.97 Å². The number of carboxylic acid groups (broad SMARTS) is 1. The van der Waals surface area contributed by atoms with E-state index in [1.54, 1.807) is 6.08 Å². The minimum atomic E-state index is -0.596. The summed E-state index contributed by atoms with van der Waals surface area (Å²) in [6.45, 7) is 2.25. The van der Waals surface area contributed by atoms with Crippen molar-refractivity contribution < 1.29 is 20.1 Å². The topological polar surface area (TPSA) is 77.8 Å². The van der Waals surface area contributed by atoms with Gasteiger partial charge in [-0.2, -0.15) is 0 Å². The highest BCUT2D eigenvalue weighted by atomic mass is 16.4. The van der Waals surface area contributed by atoms with Crippen LogP contribution in [0, 0.1) is 35.5 Å². The number of unbranched alkanes of at least 4 members (excludes halogenated alkanes) is 2. The molecule has 3 rings (SSSR count). The molecule has 3 saturated carbocycles. The molecule has 0 bridgehead atoms. The van der Waals surface area contributed by atoms with Gasteiger partial charge < -0.3 is 15.3 Å². The minimum absolute atomic E-state index is 0.0283. The van der Waals surface area contributed by atoms with Crippen molar-refractivity contribution in [1.82, 2.24) is 0 Å². The number of rotatable bonds is 11. The van der Waals surface area contributed by atoms with Crippen LogP contribution in [0.3, 0.4) is 0 Å². The maximum absolute atomic E-state index is 12.1. The van der Waals surface area contributed by atoms with E-state index >= 15 is 0 Å². The van der Waals surface area contributed by atoms with Crippen LogP contribution in [0.4, 0.5) is 0 Å². The van der Waals surface area contributed by atoms with Gasteiger partial charge in [-0.05, 0) is 62.2 Å². The van der Waals surface area contributed by atoms with Crippen LogP contribution in [-0.4, -0.2) is 34.0 Å². The number of aliphatic hydroxyl groups excluding tert-OH is 2. The van der Waals surface area contributed by atoms with E-state index in [1.807, 2.05) is 6.08 Å². The van der Waals surface area contributed by atoms with E-state index in [0.717, 1.165) is 38.5 Å². The van der Waals surface area contributed by atoms with E-state index in [2.05, 4.69) is 13.0 Å². The van der Waals surface area contributed by atoms with Gasteiger partial charge in [-0.3, -0.25) is 4.79 Å². The van der Waals surface area contributed by atoms with Crippen LogP contribution in [-0.2, 0) is 4.79 Å². The first-order valence-corrected chi connectivity index (χ1v) is 12.4. The number of carboxylic acids is 1. The fraction of sp³-hybridized carbons (Fsp3) is 0.808. The molecule has 0 radical (unpaired) electrons. The monoisotopic (exact) mass is 418 g/mol. The van der Waals surface area contributed by atoms with Gasteiger partial charge in [0.2, 0.25) is 0 Å². The zero-order chi connectivity index (χ0) is 21.5. The summed E-state index contributed by atoms with van der Waals surface area (Å²) in [6.07, 6.45) is 18.8. The number of allylic oxidation sites excluding steroid dienone is 2. The first-order chi connectivity index (χ1) is 14.5. The van der Waals surface area contributed by atoms with Gasteiger partial charge in [0.1, 0.15) is 0 Å². The Morgan fingerprint density at radius 1 is 1.23 bits per heavy atom. The summed E-state index contributed by atoms with van der Waals surface area (Å²) in [6, 6.07) is 0. The quantitative estimate of drug-likeness (QED) is 0.312. The largest absolute Gasteiger partial charge is 0.481 e. The Hall–Kier alpha value is -1.13. The van der Waals surface area contributed by atoms with Crippen LogP contribution in [0.2, 0.25) is 0 Å². The standard InChI is InChI=1S/C26H42O4/c1-2-3-4-9-19-10-6-11-21(19)23(26(29)30)12-5-8-18-15-20-17-25(28)22(13-7-14-27)24(20)16-18/h7-8,13,19-25,27-28H,2-6,9-12,14-17H2,1H3,(H,29,30)/t19?,20-,21?,22-,23?,24+,25-/m1/s1. The maximum atomic E-state index is 12.1. The van der Waals surface area contributed by atoms with Crippen molar-refractivity contribution in [1.29, 1.82) is 0 Å². The molecular formula is C26H42O4. The summed E-state index contributed by atoms with van der Waals surface area (Å²) < 4.78 is 0. The highest BCUT2D eigenvalue weighted by molar-refractivity contribution is 5.70. The van der Waals surface area contributed by atoms with E-state index in [-0.39, 0.29) is 24.5 Å². The van der Waals surface area contributed by atoms with Crippen molar-refractivity contribution >= 4 is 5.97 Å². The lowest BCUT2D eigenvalue weighted by Gasteiger charge is -2.26. The molecule has 4 heteroatoms. The van der Waals surface area contributed by atoms with Crippen molar-refractivity contribution in [2.75, 3.05) is 6.61 Å². The molecule has 3 aliphatic rings. The summed E-state index contributed by atoms with van der Waals surface area (Å²) in [5.74, 6) is 1.35. The Bertz CT molecular complexity index is 610. The Morgan fingerprint density at radius 2 is 2.07 bits per heavy atom. The van der Waals surface area contributed by atoms with Gasteiger partial charge in [0.25, 0.3) is 0 Å². The molecule has 0 aromatic rings. The molecule has 4 nitrogen and oxygen atoms in total. The third-order valence-corrected chi connectivity index (χ3v) is 8.22. The fourth-order valence-electron chi connectivity index (χ4n) is 6.76. The van der Waals surface area contributed by atoms with Crippen LogP contribution in [0.5, 0.6) is 0 Å². The molecule has 0 saturated heterocycles. The highest BCUT2D eigenvalue weighted by Crippen LogP contribution is 2.50. The Balaban J connectivity index is 1.53. The van der Waals surface area contributed by atoms with Crippen molar-refractivity contribution in [3.63, 3.8) is 0 Å². The van der Waals surface area contributed by atoms with Crippen molar-refractivity contribution in [3.05, 3.63) is 23.8 Å². The summed E-state index contributed by atoms with van der Waals surface area (Å²) in [7, 11) is 0. The van der Waals surface area contributed by atoms with Gasteiger partial charge in [-0.15, -0.1) is 0 Å². The zero-order valence-corrected chi connectivity index (χ0v) is 18.7. The Kier molecular flexibility index (Phi) is 9.00. The summed E-state index contributed by atoms with van der Waals surface area (Å²) in [5.41, 5.74) is 1.45. The second kappa shape index (κ2) is 11.5. The molecule has 0 aliphatic heterocycles. The molecule has 170 valence electrons. The van der Waals surface area contributed by atoms with Crippen molar-refractivity contribution in [2.45, 2.75) is 90.1 Å². The van der Waals surface area contributed by atoms with E-state index in [9.17, 15) is 15.0 Å². The van der Waals surface area contributed by atoms with E-state index in [1.165, 1.54) is 44.1 Å². The first kappa shape index (κ1) is 23.5. The SMILES string of the molecule is CCCCCC1CCCC1C(CCC=C1C[C@@H]2C[C@@H](O)[C@H](C=CCO)[C@H]2C1)C(=O)O. The lowest BCUT2D eigenvalue weighted by Crippen LogP contribution is -2.26. The van der Waals surface area contributed by atoms with Gasteiger partial charge in [0.15, 0.2) is 0 Å². The fourth-order valence-corrected chi connectivity index (χ4v) is 6.76. The normalized spacial score (nSPS) is 36.0. The van der Waals surface area contributed by atoms with Gasteiger partial charge in [-0.1, -0.05) is 69.2 Å². The first-order valence-electron chi connectivity index (χ1n) is 12.4. The molecule has 7 atom stereocenters. The predicted octanol–water partition coefficient (Wildman–Crippen LogP) is 5.35. The molecule has 0 amide bonds. The molecule has 0 aromatic heterocycles. The summed E-state index contributed by atoms with van der Waals surface area (Å²) in [4.78, 5) is 12.1. The molecule has 3 unspecified atom stereocenters. The third kappa shape index (κ3) is 5.76. The number of aliphatic carboxylic acids is 1. The number of hydrogen-bond donors (Lipinski definition) is 3. The number of aliphatic hydroxyl groups is 2. The third-order valence-electron chi connectivity index (χ3n) is 8.22. The minimum Gasteiger partial charge on any atom is -0.481 e. The molecule has 30 heavy (non-hydrogen) atoms. The molecule has 3 fully saturated rings. The lowest BCUT2D eigenvalue weighted by molar-refractivity contribution is -0.144. The average Bonchev–Trinajstić information content (AvgIpc) is 3.39. The van der Waals surface area contributed by atoms with Crippen LogP contribution in [0.1, 0.15) is 84.0 Å². The van der Waals surface area contributed by atoms with Crippen molar-refractivity contribution in [3.8, 4) is 0 Å². The average molecular weight is 419 g/mol. The van der Waals surface area contributed by atoms with Crippen LogP contribution >= 0.6 is 0 Å². The second-order valence-corrected chi connectivity index (χ2v) is 10.1. The molecule has 0 heterocycles. The van der Waals surface area contributed by atoms with E-state index in [0.29, 0.717) is 23.7 Å². The smallest absolute Gasteiger partial charge is 0.306 e. The van der Waals surface area contributed by atoms with Crippen LogP contribution < -0.4 is 0 Å². The van der Waals surface area contributed by atoms with E-state index < -0.39 is 5.97 Å². The highest BCUT2D eigenvalue weighted by Gasteiger charge is 2.45. The Morgan fingerprint density at radius 3 is 2.80 bits per heavy atom. The van der Waals surface area contributed by atoms with Gasteiger partial charge in [-0.25, -0.2) is 0 Å². The van der Waals surface area contributed by atoms with Gasteiger partial charge in [0, 0.05) is 5.92 Å². The molecule has 0 aromatic carbocycles. The Labute approximate surface area is 182 Å². The molecule has 3 N–H and O–H groups in total. The van der Waals surface area contributed by atoms with Gasteiger partial charge in [0.05, 0.1) is 18.6 Å². The second-order valence-electron chi connectivity index (χ2n) is 10.1. The predicted molar refractivity (Wildman–Crippen MR) is 120 cm³/mol. The van der Waals surface area contributed by atoms with Crippen LogP contribution in [0.15, 0.2) is 23.8 Å². The molecular weight excluding hydrogens is 376 g/mol. The summed E-state index contributed by atoms with van der Waals surface area (Å²) >= 11 is 0. The number of carbonyl (C=O) groups is 1. The summed E-state index contributed by atoms with van der Waals surface area (Å²) in [5, 5.41) is 29.3. The number of fused-ring (bicyclic) bond motifs is 1. The van der Waals surface area contributed by atoms with Crippen LogP contribution in [0.25, 0.3) is 0 Å². The van der Waals surface area contributed by atoms with Crippen molar-refractivity contribution in [2.24, 2.45) is 35.5 Å². The van der Waals surface area contributed by atoms with E-state index in [4.69, 9.17) is 5.11 Å². The molecule has 0 spiro atoms. The molecule has 3 aliphatic carbocycles.